The van der Waals surface area contributed by atoms with Gasteiger partial charge in [-0.15, -0.1) is 0 Å². The Kier molecular flexibility index (Phi) is 9.44. The molecule has 13 heteroatoms. The number of hydrogen-bond acceptors (Lipinski definition) is 10. The summed E-state index contributed by atoms with van der Waals surface area (Å²) in [5, 5.41) is 19.1. The maximum Gasteiger partial charge on any atom is 0.305 e. The molecule has 0 spiro atoms. The number of anilines is 2. The lowest BCUT2D eigenvalue weighted by Crippen LogP contribution is -2.49. The zero-order valence-electron chi connectivity index (χ0n) is 24.5. The molecule has 44 heavy (non-hydrogen) atoms. The van der Waals surface area contributed by atoms with Gasteiger partial charge in [0.25, 0.3) is 0 Å². The highest BCUT2D eigenvalue weighted by Gasteiger charge is 2.27. The number of carbonyl (C=O) groups excluding carboxylic acids is 2. The van der Waals surface area contributed by atoms with Crippen LogP contribution in [0.3, 0.4) is 0 Å². The molecular formula is C31H33N5O7S. The van der Waals surface area contributed by atoms with Crippen LogP contribution in [0.4, 0.5) is 10.8 Å². The first-order valence-corrected chi connectivity index (χ1v) is 14.9. The molecule has 0 unspecified atom stereocenters. The summed E-state index contributed by atoms with van der Waals surface area (Å²) in [4.78, 5) is 47.2. The lowest BCUT2D eigenvalue weighted by atomic mass is 9.99. The van der Waals surface area contributed by atoms with Gasteiger partial charge >= 0.3 is 5.97 Å². The average Bonchev–Trinajstić information content (AvgIpc) is 3.62. The summed E-state index contributed by atoms with van der Waals surface area (Å²) in [7, 11) is 1.54. The number of ether oxygens (including phenoxy) is 3. The monoisotopic (exact) mass is 619 g/mol. The largest absolute Gasteiger partial charge is 0.494 e. The Bertz CT molecular complexity index is 1660. The standard InChI is InChI=1S/C31H33N5O7S/c1-17(2)9-22(30(40)35-21(14-28(38)39)19-6-7-23-24(13-19)43-16-42-23)34-27(37)12-18-10-25(41-3)29-26(11-18)44-31(36-29)33-20-5-4-8-32-15-20/h4-8,10-11,13,15,17,21-22H,9,12,14,16H2,1-3H3,(H,33,36)(H,34,37)(H,35,40)(H,38,39)/t21-,22-/m0/s1. The summed E-state index contributed by atoms with van der Waals surface area (Å²) >= 11 is 1.42. The molecule has 0 radical (unpaired) electrons. The molecule has 1 aliphatic rings. The molecule has 12 nitrogen and oxygen atoms in total. The van der Waals surface area contributed by atoms with Crippen molar-refractivity contribution < 1.29 is 33.7 Å². The third kappa shape index (κ3) is 7.53. The molecular weight excluding hydrogens is 586 g/mol. The predicted molar refractivity (Wildman–Crippen MR) is 164 cm³/mol. The number of aliphatic carboxylic acids is 1. The Morgan fingerprint density at radius 2 is 1.91 bits per heavy atom. The Morgan fingerprint density at radius 1 is 1.09 bits per heavy atom. The van der Waals surface area contributed by atoms with E-state index in [0.29, 0.717) is 45.4 Å². The maximum absolute atomic E-state index is 13.5. The number of nitrogens with one attached hydrogen (secondary N) is 3. The van der Waals surface area contributed by atoms with E-state index in [1.54, 1.807) is 43.8 Å². The number of benzene rings is 2. The first-order chi connectivity index (χ1) is 21.2. The summed E-state index contributed by atoms with van der Waals surface area (Å²) in [6, 6.07) is 10.7. The van der Waals surface area contributed by atoms with E-state index in [1.165, 1.54) is 11.3 Å². The van der Waals surface area contributed by atoms with Gasteiger partial charge in [0.05, 0.1) is 42.6 Å². The number of aromatic nitrogens is 2. The lowest BCUT2D eigenvalue weighted by molar-refractivity contribution is -0.138. The van der Waals surface area contributed by atoms with Crippen molar-refractivity contribution >= 4 is 50.2 Å². The summed E-state index contributed by atoms with van der Waals surface area (Å²) < 4.78 is 17.2. The van der Waals surface area contributed by atoms with Crippen molar-refractivity contribution in [1.82, 2.24) is 20.6 Å². The quantitative estimate of drug-likeness (QED) is 0.167. The van der Waals surface area contributed by atoms with Gasteiger partial charge in [0, 0.05) is 6.20 Å². The van der Waals surface area contributed by atoms with E-state index in [0.717, 1.165) is 10.4 Å². The molecule has 2 aromatic heterocycles. The minimum absolute atomic E-state index is 0.00183. The highest BCUT2D eigenvalue weighted by Crippen LogP contribution is 2.36. The van der Waals surface area contributed by atoms with Crippen molar-refractivity contribution in [2.75, 3.05) is 19.2 Å². The second-order valence-electron chi connectivity index (χ2n) is 10.7. The van der Waals surface area contributed by atoms with E-state index in [-0.39, 0.29) is 31.5 Å². The summed E-state index contributed by atoms with van der Waals surface area (Å²) in [5.41, 5.74) is 2.71. The number of fused-ring (bicyclic) bond motifs is 2. The molecule has 3 heterocycles. The van der Waals surface area contributed by atoms with E-state index in [9.17, 15) is 19.5 Å². The zero-order valence-corrected chi connectivity index (χ0v) is 25.3. The van der Waals surface area contributed by atoms with Crippen molar-refractivity contribution in [3.8, 4) is 17.2 Å². The smallest absolute Gasteiger partial charge is 0.305 e. The molecule has 0 bridgehead atoms. The minimum atomic E-state index is -1.08. The Morgan fingerprint density at radius 3 is 2.64 bits per heavy atom. The first-order valence-electron chi connectivity index (χ1n) is 14.0. The van der Waals surface area contributed by atoms with Gasteiger partial charge in [0.15, 0.2) is 16.6 Å². The van der Waals surface area contributed by atoms with E-state index in [4.69, 9.17) is 14.2 Å². The van der Waals surface area contributed by atoms with Crippen molar-refractivity contribution in [2.45, 2.75) is 45.2 Å². The molecule has 0 fully saturated rings. The van der Waals surface area contributed by atoms with Crippen molar-refractivity contribution in [3.63, 3.8) is 0 Å². The molecule has 0 saturated heterocycles. The van der Waals surface area contributed by atoms with Crippen LogP contribution in [-0.4, -0.2) is 52.8 Å². The van der Waals surface area contributed by atoms with E-state index < -0.39 is 24.0 Å². The SMILES string of the molecule is COc1cc(CC(=O)N[C@@H](CC(C)C)C(=O)N[C@@H](CC(=O)O)c2ccc3c(c2)OCO3)cc2sc(Nc3cccnc3)nc12. The molecule has 0 saturated carbocycles. The number of carboxylic acids is 1. The summed E-state index contributed by atoms with van der Waals surface area (Å²) in [6.45, 7) is 3.96. The fraction of sp³-hybridized carbons (Fsp3) is 0.323. The molecule has 2 aromatic carbocycles. The molecule has 230 valence electrons. The second kappa shape index (κ2) is 13.6. The zero-order chi connectivity index (χ0) is 31.2. The number of hydrogen-bond donors (Lipinski definition) is 4. The van der Waals surface area contributed by atoms with Gasteiger partial charge in [-0.2, -0.15) is 0 Å². The van der Waals surface area contributed by atoms with Gasteiger partial charge in [-0.1, -0.05) is 31.3 Å². The number of carbonyl (C=O) groups is 3. The maximum atomic E-state index is 13.5. The van der Waals surface area contributed by atoms with E-state index in [2.05, 4.69) is 25.9 Å². The number of rotatable bonds is 13. The van der Waals surface area contributed by atoms with Gasteiger partial charge in [0.2, 0.25) is 18.6 Å². The number of carboxylic acid groups (broad SMARTS) is 1. The molecule has 4 aromatic rings. The predicted octanol–water partition coefficient (Wildman–Crippen LogP) is 4.58. The van der Waals surface area contributed by atoms with Gasteiger partial charge in [-0.05, 0) is 59.9 Å². The first kappa shape index (κ1) is 30.5. The fourth-order valence-corrected chi connectivity index (χ4v) is 5.85. The average molecular weight is 620 g/mol. The van der Waals surface area contributed by atoms with Crippen LogP contribution in [0.2, 0.25) is 0 Å². The van der Waals surface area contributed by atoms with Crippen LogP contribution in [0.1, 0.15) is 43.9 Å². The van der Waals surface area contributed by atoms with Crippen LogP contribution in [-0.2, 0) is 20.8 Å². The molecule has 4 N–H and O–H groups in total. The van der Waals surface area contributed by atoms with Crippen LogP contribution < -0.4 is 30.2 Å². The Balaban J connectivity index is 1.30. The Labute approximate surface area is 257 Å². The molecule has 1 aliphatic heterocycles. The van der Waals surface area contributed by atoms with Crippen molar-refractivity contribution in [2.24, 2.45) is 5.92 Å². The third-order valence-electron chi connectivity index (χ3n) is 6.87. The summed E-state index contributed by atoms with van der Waals surface area (Å²) in [5.74, 6) is -0.281. The van der Waals surface area contributed by atoms with Gasteiger partial charge in [-0.3, -0.25) is 19.4 Å². The minimum Gasteiger partial charge on any atom is -0.494 e. The molecule has 2 atom stereocenters. The van der Waals surface area contributed by atoms with Crippen molar-refractivity contribution in [3.05, 3.63) is 66.0 Å². The van der Waals surface area contributed by atoms with Crippen LogP contribution in [0, 0.1) is 5.92 Å². The highest BCUT2D eigenvalue weighted by atomic mass is 32.1. The number of nitrogens with zero attached hydrogens (tertiary/aromatic N) is 2. The fourth-order valence-electron chi connectivity index (χ4n) is 4.89. The lowest BCUT2D eigenvalue weighted by Gasteiger charge is -2.24. The van der Waals surface area contributed by atoms with Crippen molar-refractivity contribution in [1.29, 1.82) is 0 Å². The van der Waals surface area contributed by atoms with Crippen LogP contribution in [0.15, 0.2) is 54.9 Å². The van der Waals surface area contributed by atoms with Crippen LogP contribution >= 0.6 is 11.3 Å². The summed E-state index contributed by atoms with van der Waals surface area (Å²) in [6.07, 6.45) is 3.39. The van der Waals surface area contributed by atoms with Gasteiger partial charge in [-0.25, -0.2) is 4.98 Å². The van der Waals surface area contributed by atoms with Crippen LogP contribution in [0.5, 0.6) is 17.2 Å². The topological polar surface area (TPSA) is 161 Å². The highest BCUT2D eigenvalue weighted by molar-refractivity contribution is 7.22. The molecule has 2 amide bonds. The molecule has 0 aliphatic carbocycles. The number of thiazole rings is 1. The molecule has 5 rings (SSSR count). The van der Waals surface area contributed by atoms with E-state index in [1.807, 2.05) is 32.0 Å². The van der Waals surface area contributed by atoms with Crippen LogP contribution in [0.25, 0.3) is 10.2 Å². The number of amides is 2. The normalized spacial score (nSPS) is 13.4. The number of pyridine rings is 1. The number of methoxy groups -OCH3 is 1. The van der Waals surface area contributed by atoms with Gasteiger partial charge in [0.1, 0.15) is 17.3 Å². The van der Waals surface area contributed by atoms with E-state index >= 15 is 0 Å². The second-order valence-corrected chi connectivity index (χ2v) is 11.8. The Hall–Kier alpha value is -4.91. The van der Waals surface area contributed by atoms with Gasteiger partial charge < -0.3 is 35.3 Å². The third-order valence-corrected chi connectivity index (χ3v) is 7.79.